The summed E-state index contributed by atoms with van der Waals surface area (Å²) in [6.45, 7) is 1.27. The van der Waals surface area contributed by atoms with Gasteiger partial charge in [-0.15, -0.1) is 0 Å². The lowest BCUT2D eigenvalue weighted by Crippen LogP contribution is -2.48. The van der Waals surface area contributed by atoms with Gasteiger partial charge < -0.3 is 4.74 Å². The largest absolute Gasteiger partial charge is 0.467 e. The number of nitrogens with zero attached hydrogens (tertiary/aromatic N) is 1. The number of methoxy groups -OCH3 is 1. The molecule has 40 heavy (non-hydrogen) atoms. The quantitative estimate of drug-likeness (QED) is 0.347. The number of nitrogens with one attached hydrogen (secondary N) is 1. The van der Waals surface area contributed by atoms with Gasteiger partial charge in [0.05, 0.1) is 12.7 Å². The molecule has 1 atom stereocenters. The number of sulfonamides is 1. The summed E-state index contributed by atoms with van der Waals surface area (Å²) in [6.07, 6.45) is -4.49. The molecule has 2 heterocycles. The zero-order valence-electron chi connectivity index (χ0n) is 21.6. The fourth-order valence-corrected chi connectivity index (χ4v) is 6.83. The van der Waals surface area contributed by atoms with E-state index in [-0.39, 0.29) is 35.1 Å². The predicted molar refractivity (Wildman–Crippen MR) is 144 cm³/mol. The maximum atomic E-state index is 13.9. The second kappa shape index (κ2) is 10.2. The summed E-state index contributed by atoms with van der Waals surface area (Å²) in [5.74, 6) is -0.857. The van der Waals surface area contributed by atoms with Gasteiger partial charge in [0.25, 0.3) is 15.6 Å². The molecule has 7 nitrogen and oxygen atoms in total. The van der Waals surface area contributed by atoms with E-state index in [1.807, 2.05) is 42.5 Å². The van der Waals surface area contributed by atoms with Crippen LogP contribution in [0.25, 0.3) is 21.9 Å². The number of carbonyl (C=O) groups is 1. The number of pyridine rings is 1. The highest BCUT2D eigenvalue weighted by molar-refractivity contribution is 7.89. The zero-order chi connectivity index (χ0) is 28.8. The fourth-order valence-electron chi connectivity index (χ4n) is 5.33. The third-order valence-electron chi connectivity index (χ3n) is 7.16. The second-order valence-corrected chi connectivity index (χ2v) is 11.1. The van der Waals surface area contributed by atoms with Gasteiger partial charge in [0.2, 0.25) is 0 Å². The number of ether oxygens (including phenoxy) is 1. The molecule has 0 amide bonds. The highest BCUT2D eigenvalue weighted by atomic mass is 32.2. The van der Waals surface area contributed by atoms with Crippen LogP contribution in [0, 0.1) is 0 Å². The summed E-state index contributed by atoms with van der Waals surface area (Å²) >= 11 is 0. The first kappa shape index (κ1) is 27.6. The Morgan fingerprint density at radius 1 is 1.05 bits per heavy atom. The molecule has 5 rings (SSSR count). The van der Waals surface area contributed by atoms with Gasteiger partial charge in [-0.25, -0.2) is 17.9 Å². The lowest BCUT2D eigenvalue weighted by Gasteiger charge is -2.31. The van der Waals surface area contributed by atoms with Crippen molar-refractivity contribution in [2.24, 2.45) is 0 Å². The number of alkyl halides is 3. The van der Waals surface area contributed by atoms with Crippen LogP contribution in [0.4, 0.5) is 13.2 Å². The van der Waals surface area contributed by atoms with Crippen LogP contribution in [0.3, 0.4) is 0 Å². The lowest BCUT2D eigenvalue weighted by molar-refractivity contribution is -0.144. The van der Waals surface area contributed by atoms with E-state index in [4.69, 9.17) is 4.74 Å². The molecule has 1 aliphatic heterocycles. The fraction of sp³-hybridized carbons (Fsp3) is 0.241. The highest BCUT2D eigenvalue weighted by Gasteiger charge is 2.40. The van der Waals surface area contributed by atoms with Gasteiger partial charge in [0.15, 0.2) is 5.03 Å². The molecule has 0 spiro atoms. The maximum Gasteiger partial charge on any atom is 0.416 e. The smallest absolute Gasteiger partial charge is 0.416 e. The Morgan fingerprint density at radius 3 is 2.45 bits per heavy atom. The van der Waals surface area contributed by atoms with E-state index in [1.54, 1.807) is 6.92 Å². The maximum absolute atomic E-state index is 13.9. The third-order valence-corrected chi connectivity index (χ3v) is 8.62. The van der Waals surface area contributed by atoms with Crippen molar-refractivity contribution in [3.63, 3.8) is 0 Å². The average molecular weight is 571 g/mol. The predicted octanol–water partition coefficient (Wildman–Crippen LogP) is 4.85. The normalized spacial score (nSPS) is 16.5. The minimum absolute atomic E-state index is 0.0422. The summed E-state index contributed by atoms with van der Waals surface area (Å²) in [5, 5.41) is 1.20. The van der Waals surface area contributed by atoms with Crippen molar-refractivity contribution in [3.05, 3.63) is 99.3 Å². The molecule has 3 aromatic carbocycles. The molecule has 1 aliphatic rings. The Morgan fingerprint density at radius 2 is 1.75 bits per heavy atom. The molecule has 0 aliphatic carbocycles. The average Bonchev–Trinajstić information content (AvgIpc) is 2.93. The van der Waals surface area contributed by atoms with E-state index < -0.39 is 50.9 Å². The van der Waals surface area contributed by atoms with Crippen molar-refractivity contribution in [1.29, 1.82) is 0 Å². The Kier molecular flexibility index (Phi) is 7.05. The van der Waals surface area contributed by atoms with Crippen LogP contribution < -0.4 is 10.3 Å². The summed E-state index contributed by atoms with van der Waals surface area (Å²) in [5.41, 5.74) is -0.536. The molecule has 0 fully saturated rings. The molecule has 1 N–H and O–H groups in total. The molecule has 0 radical (unpaired) electrons. The van der Waals surface area contributed by atoms with Crippen molar-refractivity contribution in [1.82, 2.24) is 9.29 Å². The molecule has 0 saturated carbocycles. The highest BCUT2D eigenvalue weighted by Crippen LogP contribution is 2.39. The van der Waals surface area contributed by atoms with Crippen molar-refractivity contribution in [3.8, 4) is 11.1 Å². The van der Waals surface area contributed by atoms with Crippen LogP contribution in [0.1, 0.15) is 35.2 Å². The molecule has 1 unspecified atom stereocenters. The number of hydrogen-bond donors (Lipinski definition) is 1. The van der Waals surface area contributed by atoms with Gasteiger partial charge >= 0.3 is 12.1 Å². The van der Waals surface area contributed by atoms with E-state index in [2.05, 4.69) is 4.72 Å². The number of fused-ring (bicyclic) bond motifs is 2. The Hall–Kier alpha value is -3.96. The molecule has 4 aromatic rings. The summed E-state index contributed by atoms with van der Waals surface area (Å²) in [4.78, 5) is 26.6. The first-order valence-corrected chi connectivity index (χ1v) is 14.0. The lowest BCUT2D eigenvalue weighted by atomic mass is 9.89. The number of halogens is 3. The van der Waals surface area contributed by atoms with Gasteiger partial charge in [0, 0.05) is 17.7 Å². The summed E-state index contributed by atoms with van der Waals surface area (Å²) in [7, 11) is -3.31. The van der Waals surface area contributed by atoms with Crippen molar-refractivity contribution < 1.29 is 31.1 Å². The van der Waals surface area contributed by atoms with Crippen LogP contribution in [0.2, 0.25) is 0 Å². The molecule has 208 valence electrons. The Bertz CT molecular complexity index is 1810. The van der Waals surface area contributed by atoms with E-state index in [0.29, 0.717) is 0 Å². The Balaban J connectivity index is 1.93. The third kappa shape index (κ3) is 4.69. The minimum Gasteiger partial charge on any atom is -0.467 e. The van der Waals surface area contributed by atoms with Crippen LogP contribution >= 0.6 is 0 Å². The van der Waals surface area contributed by atoms with Gasteiger partial charge in [-0.2, -0.15) is 13.2 Å². The van der Waals surface area contributed by atoms with Crippen molar-refractivity contribution in [2.75, 3.05) is 13.7 Å². The van der Waals surface area contributed by atoms with E-state index >= 15 is 0 Å². The number of carbonyl (C=O) groups excluding carboxylic acids is 1. The van der Waals surface area contributed by atoms with Gasteiger partial charge in [-0.05, 0) is 52.4 Å². The van der Waals surface area contributed by atoms with E-state index in [0.717, 1.165) is 40.1 Å². The van der Waals surface area contributed by atoms with Gasteiger partial charge in [-0.3, -0.25) is 9.36 Å². The molecular weight excluding hydrogens is 545 g/mol. The Labute approximate surface area is 228 Å². The van der Waals surface area contributed by atoms with Crippen molar-refractivity contribution in [2.45, 2.75) is 37.0 Å². The molecular formula is C29H25F3N2O5S. The number of hydrogen-bond acceptors (Lipinski definition) is 5. The van der Waals surface area contributed by atoms with Crippen LogP contribution in [-0.2, 0) is 38.6 Å². The standard InChI is InChI=1S/C29H25F3N2O5S/c1-3-21-23(15-18-10-6-9-17-8-4-5-13-22(17)18)25(19-11-7-12-20(14-19)29(30,31)32)27-34(26(21)35)24(28(36)39-2)16-33-40(27,37)38/h4-14,24,33H,3,15-16H2,1-2H3. The molecule has 0 bridgehead atoms. The van der Waals surface area contributed by atoms with Crippen molar-refractivity contribution >= 4 is 26.8 Å². The summed E-state index contributed by atoms with van der Waals surface area (Å²) in [6, 6.07) is 16.1. The molecule has 0 saturated heterocycles. The monoisotopic (exact) mass is 570 g/mol. The number of aromatic nitrogens is 1. The van der Waals surface area contributed by atoms with E-state index in [9.17, 15) is 31.2 Å². The topological polar surface area (TPSA) is 94.5 Å². The van der Waals surface area contributed by atoms with Crippen LogP contribution in [0.5, 0.6) is 0 Å². The first-order chi connectivity index (χ1) is 19.0. The molecule has 11 heteroatoms. The minimum atomic E-state index is -4.70. The zero-order valence-corrected chi connectivity index (χ0v) is 22.4. The van der Waals surface area contributed by atoms with E-state index in [1.165, 1.54) is 12.1 Å². The SMILES string of the molecule is CCc1c(Cc2cccc3ccccc23)c(-c2cccc(C(F)(F)F)c2)c2n(c1=O)C(C(=O)OC)CNS2(=O)=O. The molecule has 1 aromatic heterocycles. The number of esters is 1. The van der Waals surface area contributed by atoms with Gasteiger partial charge in [0.1, 0.15) is 6.04 Å². The summed E-state index contributed by atoms with van der Waals surface area (Å²) < 4.78 is 76.4. The first-order valence-electron chi connectivity index (χ1n) is 12.5. The van der Waals surface area contributed by atoms with Crippen LogP contribution in [-0.4, -0.2) is 32.6 Å². The van der Waals surface area contributed by atoms with Gasteiger partial charge in [-0.1, -0.05) is 61.5 Å². The second-order valence-electron chi connectivity index (χ2n) is 9.45. The number of benzene rings is 3. The van der Waals surface area contributed by atoms with Crippen LogP contribution in [0.15, 0.2) is 76.6 Å². The number of rotatable bonds is 5.